The Morgan fingerprint density at radius 3 is 1.80 bits per heavy atom. The lowest BCUT2D eigenvalue weighted by molar-refractivity contribution is 0.108. The van der Waals surface area contributed by atoms with Crippen LogP contribution in [-0.4, -0.2) is 5.24 Å². The zero-order valence-corrected chi connectivity index (χ0v) is 14.7. The molecule has 0 atom stereocenters. The summed E-state index contributed by atoms with van der Waals surface area (Å²) >= 11 is 5.83. The summed E-state index contributed by atoms with van der Waals surface area (Å²) in [6, 6.07) is 18.8. The lowest BCUT2D eigenvalue weighted by atomic mass is 9.86. The van der Waals surface area contributed by atoms with E-state index in [1.54, 1.807) is 0 Å². The molecule has 0 radical (unpaired) electrons. The summed E-state index contributed by atoms with van der Waals surface area (Å²) in [5.41, 5.74) is 3.16. The maximum Gasteiger partial charge on any atom is 0.253 e. The lowest BCUT2D eigenvalue weighted by Crippen LogP contribution is -1.94. The van der Waals surface area contributed by atoms with Crippen molar-refractivity contribution in [2.24, 2.45) is 0 Å². The van der Waals surface area contributed by atoms with Gasteiger partial charge in [0.25, 0.3) is 5.24 Å². The Bertz CT molecular complexity index is 1270. The summed E-state index contributed by atoms with van der Waals surface area (Å²) in [4.78, 5) is 11.9. The van der Waals surface area contributed by atoms with Crippen LogP contribution in [0.3, 0.4) is 0 Å². The van der Waals surface area contributed by atoms with Crippen LogP contribution >= 0.6 is 11.6 Å². The van der Waals surface area contributed by atoms with Crippen molar-refractivity contribution in [1.82, 2.24) is 0 Å². The van der Waals surface area contributed by atoms with Gasteiger partial charge in [0.05, 0.1) is 0 Å². The molecule has 5 rings (SSSR count). The predicted octanol–water partition coefficient (Wildman–Crippen LogP) is 6.73. The summed E-state index contributed by atoms with van der Waals surface area (Å²) in [5, 5.41) is 9.09. The van der Waals surface area contributed by atoms with E-state index in [2.05, 4.69) is 44.2 Å². The van der Waals surface area contributed by atoms with E-state index in [1.165, 1.54) is 43.4 Å². The van der Waals surface area contributed by atoms with E-state index in [0.717, 1.165) is 10.8 Å². The molecule has 0 aliphatic carbocycles. The SMILES string of the molecule is Cc1ccc2c3cccc4c(C(=O)Cl)ccc(c5ccc(C)c1c25)c43. The molecule has 0 N–H and O–H groups in total. The molecule has 0 unspecified atom stereocenters. The predicted molar refractivity (Wildman–Crippen MR) is 107 cm³/mol. The summed E-state index contributed by atoms with van der Waals surface area (Å²) in [6.07, 6.45) is 0. The Kier molecular flexibility index (Phi) is 2.90. The molecule has 0 saturated carbocycles. The van der Waals surface area contributed by atoms with E-state index in [-0.39, 0.29) is 0 Å². The van der Waals surface area contributed by atoms with Gasteiger partial charge in [-0.2, -0.15) is 0 Å². The molecule has 0 amide bonds. The number of fused-ring (bicyclic) bond motifs is 2. The van der Waals surface area contributed by atoms with Crippen LogP contribution in [-0.2, 0) is 0 Å². The highest BCUT2D eigenvalue weighted by Crippen LogP contribution is 2.42. The Labute approximate surface area is 150 Å². The fraction of sp³-hybridized carbons (Fsp3) is 0.0870. The van der Waals surface area contributed by atoms with E-state index in [4.69, 9.17) is 11.6 Å². The van der Waals surface area contributed by atoms with Gasteiger partial charge in [-0.05, 0) is 85.7 Å². The molecule has 0 heterocycles. The molecule has 2 heteroatoms. The summed E-state index contributed by atoms with van der Waals surface area (Å²) in [5.74, 6) is 0. The molecule has 5 aromatic rings. The molecule has 0 bridgehead atoms. The molecule has 120 valence electrons. The van der Waals surface area contributed by atoms with Crippen LogP contribution in [0, 0.1) is 13.8 Å². The van der Waals surface area contributed by atoms with Gasteiger partial charge >= 0.3 is 0 Å². The van der Waals surface area contributed by atoms with Crippen LogP contribution in [0.15, 0.2) is 54.6 Å². The van der Waals surface area contributed by atoms with Crippen LogP contribution in [0.25, 0.3) is 43.1 Å². The first-order valence-corrected chi connectivity index (χ1v) is 8.75. The Morgan fingerprint density at radius 1 is 0.640 bits per heavy atom. The van der Waals surface area contributed by atoms with Gasteiger partial charge in [0.15, 0.2) is 0 Å². The summed E-state index contributed by atoms with van der Waals surface area (Å²) in [6.45, 7) is 4.34. The molecular weight excluding hydrogens is 328 g/mol. The molecular formula is C23H15ClO. The van der Waals surface area contributed by atoms with Gasteiger partial charge in [-0.15, -0.1) is 0 Å². The maximum absolute atomic E-state index is 11.9. The maximum atomic E-state index is 11.9. The Balaban J connectivity index is 2.20. The summed E-state index contributed by atoms with van der Waals surface area (Å²) < 4.78 is 0. The van der Waals surface area contributed by atoms with Crippen LogP contribution in [0.5, 0.6) is 0 Å². The number of carbonyl (C=O) groups excluding carboxylic acids is 1. The average molecular weight is 343 g/mol. The molecule has 0 aliphatic heterocycles. The first-order chi connectivity index (χ1) is 12.1. The van der Waals surface area contributed by atoms with E-state index in [1.807, 2.05) is 24.3 Å². The number of benzene rings is 5. The first-order valence-electron chi connectivity index (χ1n) is 8.37. The van der Waals surface area contributed by atoms with Gasteiger partial charge in [-0.25, -0.2) is 0 Å². The minimum absolute atomic E-state index is 0.410. The topological polar surface area (TPSA) is 17.1 Å². The van der Waals surface area contributed by atoms with Crippen molar-refractivity contribution in [2.45, 2.75) is 13.8 Å². The third-order valence-electron chi connectivity index (χ3n) is 5.41. The highest BCUT2D eigenvalue weighted by atomic mass is 35.5. The van der Waals surface area contributed by atoms with Gasteiger partial charge in [-0.3, -0.25) is 4.79 Å². The quantitative estimate of drug-likeness (QED) is 0.187. The van der Waals surface area contributed by atoms with Crippen LogP contribution < -0.4 is 0 Å². The Morgan fingerprint density at radius 2 is 1.16 bits per heavy atom. The monoisotopic (exact) mass is 342 g/mol. The van der Waals surface area contributed by atoms with Gasteiger partial charge in [0.2, 0.25) is 0 Å². The van der Waals surface area contributed by atoms with E-state index < -0.39 is 5.24 Å². The Hall–Kier alpha value is -2.64. The number of hydrogen-bond donors (Lipinski definition) is 0. The highest BCUT2D eigenvalue weighted by molar-refractivity contribution is 6.68. The lowest BCUT2D eigenvalue weighted by Gasteiger charge is -2.17. The molecule has 1 nitrogen and oxygen atoms in total. The van der Waals surface area contributed by atoms with E-state index in [0.29, 0.717) is 5.56 Å². The fourth-order valence-corrected chi connectivity index (χ4v) is 4.51. The van der Waals surface area contributed by atoms with Crippen molar-refractivity contribution in [2.75, 3.05) is 0 Å². The number of aryl methyl sites for hydroxylation is 2. The fourth-order valence-electron chi connectivity index (χ4n) is 4.35. The molecule has 0 aromatic heterocycles. The zero-order chi connectivity index (χ0) is 17.3. The molecule has 25 heavy (non-hydrogen) atoms. The second-order valence-electron chi connectivity index (χ2n) is 6.77. The third-order valence-corrected chi connectivity index (χ3v) is 5.61. The van der Waals surface area contributed by atoms with Crippen molar-refractivity contribution < 1.29 is 4.79 Å². The molecule has 0 fully saturated rings. The van der Waals surface area contributed by atoms with Gasteiger partial charge in [-0.1, -0.05) is 48.5 Å². The number of hydrogen-bond acceptors (Lipinski definition) is 1. The van der Waals surface area contributed by atoms with Crippen molar-refractivity contribution in [1.29, 1.82) is 0 Å². The molecule has 0 aliphatic rings. The van der Waals surface area contributed by atoms with Crippen molar-refractivity contribution in [3.05, 3.63) is 71.3 Å². The van der Waals surface area contributed by atoms with Crippen molar-refractivity contribution in [3.63, 3.8) is 0 Å². The van der Waals surface area contributed by atoms with Gasteiger partial charge < -0.3 is 0 Å². The normalized spacial score (nSPS) is 12.0. The largest absolute Gasteiger partial charge is 0.276 e. The van der Waals surface area contributed by atoms with E-state index >= 15 is 0 Å². The first kappa shape index (κ1) is 14.7. The summed E-state index contributed by atoms with van der Waals surface area (Å²) in [7, 11) is 0. The standard InChI is InChI=1S/C23H15ClO/c1-12-6-8-17-14-4-3-5-15-19(23(24)25)11-10-16(21(14)15)18-9-7-13(2)20(12)22(17)18/h3-11H,1-2H3. The highest BCUT2D eigenvalue weighted by Gasteiger charge is 2.17. The zero-order valence-electron chi connectivity index (χ0n) is 14.0. The van der Waals surface area contributed by atoms with Crippen LogP contribution in [0.4, 0.5) is 0 Å². The smallest absolute Gasteiger partial charge is 0.253 e. The number of rotatable bonds is 1. The second kappa shape index (κ2) is 4.93. The van der Waals surface area contributed by atoms with E-state index in [9.17, 15) is 4.79 Å². The van der Waals surface area contributed by atoms with Gasteiger partial charge in [0.1, 0.15) is 0 Å². The minimum Gasteiger partial charge on any atom is -0.276 e. The van der Waals surface area contributed by atoms with Crippen molar-refractivity contribution >= 4 is 59.9 Å². The number of halogens is 1. The van der Waals surface area contributed by atoms with Crippen LogP contribution in [0.2, 0.25) is 0 Å². The van der Waals surface area contributed by atoms with Crippen LogP contribution in [0.1, 0.15) is 21.5 Å². The third kappa shape index (κ3) is 1.82. The average Bonchev–Trinajstić information content (AvgIpc) is 2.61. The number of carbonyl (C=O) groups is 1. The minimum atomic E-state index is -0.410. The molecule has 5 aromatic carbocycles. The van der Waals surface area contributed by atoms with Gasteiger partial charge in [0, 0.05) is 5.56 Å². The second-order valence-corrected chi connectivity index (χ2v) is 7.12. The molecule has 0 saturated heterocycles. The van der Waals surface area contributed by atoms with Crippen molar-refractivity contribution in [3.8, 4) is 0 Å². The molecule has 0 spiro atoms.